The minimum atomic E-state index is -0.855. The molecular formula is C31H53N3O4. The summed E-state index contributed by atoms with van der Waals surface area (Å²) >= 11 is 0. The average molecular weight is 532 g/mol. The lowest BCUT2D eigenvalue weighted by Gasteiger charge is -2.45. The fourth-order valence-electron chi connectivity index (χ4n) is 4.44. The molecule has 7 heteroatoms. The van der Waals surface area contributed by atoms with Crippen LogP contribution in [0.2, 0.25) is 0 Å². The summed E-state index contributed by atoms with van der Waals surface area (Å²) in [5.41, 5.74) is 1.55. The summed E-state index contributed by atoms with van der Waals surface area (Å²) in [7, 11) is 0. The van der Waals surface area contributed by atoms with Gasteiger partial charge in [-0.1, -0.05) is 52.3 Å². The van der Waals surface area contributed by atoms with Crippen LogP contribution < -0.4 is 10.6 Å². The number of benzene rings is 1. The summed E-state index contributed by atoms with van der Waals surface area (Å²) in [6.45, 7) is 23.4. The molecule has 0 saturated carbocycles. The van der Waals surface area contributed by atoms with Crippen molar-refractivity contribution in [1.82, 2.24) is 15.5 Å². The van der Waals surface area contributed by atoms with E-state index in [-0.39, 0.29) is 23.8 Å². The van der Waals surface area contributed by atoms with E-state index in [0.29, 0.717) is 12.8 Å². The van der Waals surface area contributed by atoms with Crippen LogP contribution in [0.15, 0.2) is 18.2 Å². The van der Waals surface area contributed by atoms with Gasteiger partial charge in [0, 0.05) is 11.6 Å². The van der Waals surface area contributed by atoms with Crippen molar-refractivity contribution in [2.24, 2.45) is 5.92 Å². The van der Waals surface area contributed by atoms with E-state index in [0.717, 1.165) is 29.5 Å². The van der Waals surface area contributed by atoms with Gasteiger partial charge in [0.25, 0.3) is 0 Å². The van der Waals surface area contributed by atoms with Crippen LogP contribution >= 0.6 is 0 Å². The van der Waals surface area contributed by atoms with E-state index < -0.39 is 29.3 Å². The Morgan fingerprint density at radius 3 is 2.03 bits per heavy atom. The zero-order valence-electron chi connectivity index (χ0n) is 26.0. The van der Waals surface area contributed by atoms with Crippen molar-refractivity contribution in [2.75, 3.05) is 0 Å². The van der Waals surface area contributed by atoms with Gasteiger partial charge in [-0.15, -0.1) is 0 Å². The number of nitrogens with one attached hydrogen (secondary N) is 2. The number of alkyl carbamates (subject to hydrolysis) is 1. The molecule has 1 rings (SSSR count). The number of nitrogens with zero attached hydrogens (tertiary/aromatic N) is 1. The second-order valence-corrected chi connectivity index (χ2v) is 12.6. The van der Waals surface area contributed by atoms with E-state index in [1.807, 2.05) is 73.6 Å². The van der Waals surface area contributed by atoms with E-state index in [9.17, 15) is 14.4 Å². The fourth-order valence-corrected chi connectivity index (χ4v) is 4.44. The lowest BCUT2D eigenvalue weighted by atomic mass is 9.90. The van der Waals surface area contributed by atoms with Crippen LogP contribution in [0.5, 0.6) is 0 Å². The van der Waals surface area contributed by atoms with E-state index in [4.69, 9.17) is 4.74 Å². The van der Waals surface area contributed by atoms with Gasteiger partial charge >= 0.3 is 6.09 Å². The number of amides is 3. The normalized spacial score (nSPS) is 14.4. The summed E-state index contributed by atoms with van der Waals surface area (Å²) in [6.07, 6.45) is 2.18. The maximum absolute atomic E-state index is 14.4. The summed E-state index contributed by atoms with van der Waals surface area (Å²) in [5, 5.41) is 5.98. The van der Waals surface area contributed by atoms with Crippen molar-refractivity contribution in [3.63, 3.8) is 0 Å². The van der Waals surface area contributed by atoms with E-state index in [2.05, 4.69) is 17.6 Å². The number of rotatable bonds is 12. The van der Waals surface area contributed by atoms with Gasteiger partial charge in [0.1, 0.15) is 17.7 Å². The van der Waals surface area contributed by atoms with Gasteiger partial charge in [-0.25, -0.2) is 4.79 Å². The van der Waals surface area contributed by atoms with Crippen molar-refractivity contribution < 1.29 is 19.1 Å². The highest BCUT2D eigenvalue weighted by Crippen LogP contribution is 2.33. The molecule has 0 radical (unpaired) electrons. The molecule has 0 bridgehead atoms. The number of aryl methyl sites for hydroxylation is 2. The fraction of sp³-hybridized carbons (Fsp3) is 0.710. The summed E-state index contributed by atoms with van der Waals surface area (Å²) in [4.78, 5) is 42.9. The Morgan fingerprint density at radius 2 is 1.55 bits per heavy atom. The minimum absolute atomic E-state index is 0.0328. The molecule has 0 aliphatic rings. The molecule has 3 atom stereocenters. The Kier molecular flexibility index (Phi) is 12.3. The molecule has 216 valence electrons. The molecule has 1 aromatic rings. The third kappa shape index (κ3) is 9.95. The molecule has 2 N–H and O–H groups in total. The zero-order valence-corrected chi connectivity index (χ0v) is 26.0. The highest BCUT2D eigenvalue weighted by atomic mass is 16.6. The second-order valence-electron chi connectivity index (χ2n) is 12.6. The number of hydrogen-bond acceptors (Lipinski definition) is 4. The van der Waals surface area contributed by atoms with Crippen molar-refractivity contribution in [3.05, 3.63) is 34.9 Å². The lowest BCUT2D eigenvalue weighted by molar-refractivity contribution is -0.150. The predicted molar refractivity (Wildman–Crippen MR) is 155 cm³/mol. The highest BCUT2D eigenvalue weighted by molar-refractivity contribution is 5.92. The largest absolute Gasteiger partial charge is 0.444 e. The summed E-state index contributed by atoms with van der Waals surface area (Å²) < 4.78 is 5.49. The van der Waals surface area contributed by atoms with E-state index in [1.54, 1.807) is 25.7 Å². The molecule has 0 aliphatic carbocycles. The van der Waals surface area contributed by atoms with Gasteiger partial charge in [-0.2, -0.15) is 0 Å². The molecule has 38 heavy (non-hydrogen) atoms. The molecule has 0 heterocycles. The highest BCUT2D eigenvalue weighted by Gasteiger charge is 2.43. The Labute approximate surface area is 231 Å². The van der Waals surface area contributed by atoms with Gasteiger partial charge in [0.2, 0.25) is 11.8 Å². The first-order chi connectivity index (χ1) is 17.4. The molecule has 0 saturated heterocycles. The van der Waals surface area contributed by atoms with Gasteiger partial charge < -0.3 is 20.3 Å². The molecule has 0 spiro atoms. The van der Waals surface area contributed by atoms with Crippen molar-refractivity contribution in [2.45, 2.75) is 138 Å². The van der Waals surface area contributed by atoms with Crippen LogP contribution in [0.3, 0.4) is 0 Å². The lowest BCUT2D eigenvalue weighted by Crippen LogP contribution is -2.60. The van der Waals surface area contributed by atoms with Crippen molar-refractivity contribution >= 4 is 17.9 Å². The van der Waals surface area contributed by atoms with Gasteiger partial charge in [0.05, 0.1) is 0 Å². The molecule has 3 amide bonds. The van der Waals surface area contributed by atoms with Gasteiger partial charge in [-0.3, -0.25) is 9.59 Å². The van der Waals surface area contributed by atoms with E-state index in [1.165, 1.54) is 0 Å². The maximum atomic E-state index is 14.4. The monoisotopic (exact) mass is 531 g/mol. The van der Waals surface area contributed by atoms with Gasteiger partial charge in [-0.05, 0) is 97.3 Å². The van der Waals surface area contributed by atoms with Gasteiger partial charge in [0.15, 0.2) is 0 Å². The molecule has 0 fully saturated rings. The molecule has 0 aliphatic heterocycles. The Bertz CT molecular complexity index is 949. The molecule has 1 aromatic carbocycles. The number of hydrogen-bond donors (Lipinski definition) is 2. The summed E-state index contributed by atoms with van der Waals surface area (Å²) in [6, 6.07) is 4.19. The third-order valence-electron chi connectivity index (χ3n) is 6.91. The predicted octanol–water partition coefficient (Wildman–Crippen LogP) is 6.61. The van der Waals surface area contributed by atoms with Crippen LogP contribution in [-0.2, 0) is 14.3 Å². The number of ether oxygens (including phenoxy) is 1. The Morgan fingerprint density at radius 1 is 0.947 bits per heavy atom. The zero-order chi connectivity index (χ0) is 29.4. The molecular weight excluding hydrogens is 478 g/mol. The van der Waals surface area contributed by atoms with Crippen molar-refractivity contribution in [1.29, 1.82) is 0 Å². The van der Waals surface area contributed by atoms with Crippen LogP contribution in [0.4, 0.5) is 4.79 Å². The number of carbonyl (C=O) groups is 3. The first-order valence-corrected chi connectivity index (χ1v) is 14.1. The number of carbonyl (C=O) groups excluding carboxylic acids is 3. The first kappa shape index (κ1) is 33.5. The maximum Gasteiger partial charge on any atom is 0.408 e. The van der Waals surface area contributed by atoms with E-state index >= 15 is 0 Å². The first-order valence-electron chi connectivity index (χ1n) is 14.1. The van der Waals surface area contributed by atoms with Crippen LogP contribution in [0.1, 0.15) is 118 Å². The second kappa shape index (κ2) is 14.0. The van der Waals surface area contributed by atoms with Crippen LogP contribution in [-0.4, -0.2) is 46.0 Å². The van der Waals surface area contributed by atoms with Crippen LogP contribution in [0, 0.1) is 19.8 Å². The third-order valence-corrected chi connectivity index (χ3v) is 6.91. The molecule has 7 nitrogen and oxygen atoms in total. The molecule has 3 unspecified atom stereocenters. The SMILES string of the molecule is CCCC(C)NC(=O)C(c1ccc(C)c(C)c1)N(C(=O)C(CC(C)C)NC(=O)OC(C)(C)C)C(C)(C)CC. The Hall–Kier alpha value is -2.57. The smallest absolute Gasteiger partial charge is 0.408 e. The topological polar surface area (TPSA) is 87.7 Å². The standard InChI is InChI=1S/C31H53N3O4/c1-13-15-23(7)32-27(35)26(24-17-16-21(5)22(6)19-24)34(31(11,12)14-2)28(36)25(18-20(3)4)33-29(37)38-30(8,9)10/h16-17,19-20,23,25-26H,13-15,18H2,1-12H3,(H,32,35)(H,33,37). The minimum Gasteiger partial charge on any atom is -0.444 e. The molecule has 0 aromatic heterocycles. The quantitative estimate of drug-likeness (QED) is 0.318. The average Bonchev–Trinajstić information content (AvgIpc) is 2.76. The van der Waals surface area contributed by atoms with Crippen LogP contribution in [0.25, 0.3) is 0 Å². The Balaban J connectivity index is 3.70. The summed E-state index contributed by atoms with van der Waals surface area (Å²) in [5.74, 6) is -0.383. The van der Waals surface area contributed by atoms with Crippen molar-refractivity contribution in [3.8, 4) is 0 Å².